The van der Waals surface area contributed by atoms with E-state index in [2.05, 4.69) is 20.6 Å². The van der Waals surface area contributed by atoms with E-state index in [1.54, 1.807) is 32.9 Å². The Morgan fingerprint density at radius 1 is 1.16 bits per heavy atom. The van der Waals surface area contributed by atoms with Crippen molar-refractivity contribution in [1.29, 1.82) is 0 Å². The lowest BCUT2D eigenvalue weighted by Gasteiger charge is -2.25. The number of amides is 2. The summed E-state index contributed by atoms with van der Waals surface area (Å²) >= 11 is 0.740. The lowest BCUT2D eigenvalue weighted by molar-refractivity contribution is -0.140. The largest absolute Gasteiger partial charge is 0.462 e. The van der Waals surface area contributed by atoms with E-state index in [-0.39, 0.29) is 51.4 Å². The normalized spacial score (nSPS) is 13.0. The average molecular weight is 634 g/mol. The van der Waals surface area contributed by atoms with E-state index < -0.39 is 48.1 Å². The minimum atomic E-state index is -4.69. The van der Waals surface area contributed by atoms with Crippen LogP contribution in [0.2, 0.25) is 0 Å². The number of anilines is 1. The van der Waals surface area contributed by atoms with Crippen LogP contribution in [0.3, 0.4) is 0 Å². The number of urea groups is 1. The molecule has 0 aliphatic carbocycles. The van der Waals surface area contributed by atoms with Crippen LogP contribution in [-0.2, 0) is 10.9 Å². The maximum absolute atomic E-state index is 13.6. The maximum Gasteiger partial charge on any atom is 0.434 e. The Labute approximate surface area is 253 Å². The molecule has 2 atom stereocenters. The van der Waals surface area contributed by atoms with Crippen molar-refractivity contribution < 1.29 is 37.7 Å². The van der Waals surface area contributed by atoms with Crippen LogP contribution in [-0.4, -0.2) is 62.6 Å². The maximum atomic E-state index is 13.6. The molecule has 234 valence electrons. The van der Waals surface area contributed by atoms with Gasteiger partial charge < -0.3 is 24.8 Å². The summed E-state index contributed by atoms with van der Waals surface area (Å²) in [5.74, 6) is -0.850. The van der Waals surface area contributed by atoms with Gasteiger partial charge in [0.05, 0.1) is 30.9 Å². The molecule has 4 rings (SSSR count). The van der Waals surface area contributed by atoms with E-state index in [4.69, 9.17) is 4.74 Å². The molecule has 4 N–H and O–H groups in total. The van der Waals surface area contributed by atoms with Crippen molar-refractivity contribution in [2.45, 2.75) is 45.5 Å². The number of aliphatic hydroxyl groups is 2. The van der Waals surface area contributed by atoms with Crippen LogP contribution < -0.4 is 16.1 Å². The van der Waals surface area contributed by atoms with E-state index in [9.17, 15) is 37.8 Å². The third kappa shape index (κ3) is 6.74. The molecule has 44 heavy (non-hydrogen) atoms. The molecule has 4 aromatic rings. The quantitative estimate of drug-likeness (QED) is 0.181. The minimum Gasteiger partial charge on any atom is -0.462 e. The Bertz CT molecular complexity index is 1740. The predicted octanol–water partition coefficient (Wildman–Crippen LogP) is 4.83. The van der Waals surface area contributed by atoms with Gasteiger partial charge in [0.15, 0.2) is 5.69 Å². The number of alkyl halides is 3. The second kappa shape index (κ2) is 13.5. The fraction of sp³-hybridized carbons (Fsp3) is 0.345. The van der Waals surface area contributed by atoms with Crippen LogP contribution in [0, 0.1) is 0 Å². The van der Waals surface area contributed by atoms with Crippen molar-refractivity contribution in [1.82, 2.24) is 19.9 Å². The van der Waals surface area contributed by atoms with Crippen molar-refractivity contribution in [2.75, 3.05) is 25.1 Å². The van der Waals surface area contributed by atoms with E-state index in [0.29, 0.717) is 12.1 Å². The molecule has 0 aliphatic rings. The third-order valence-electron chi connectivity index (χ3n) is 6.75. The number of benzene rings is 1. The van der Waals surface area contributed by atoms with Crippen LogP contribution in [0.4, 0.5) is 23.8 Å². The highest BCUT2D eigenvalue weighted by Crippen LogP contribution is 2.39. The molecule has 2 unspecified atom stereocenters. The molecule has 2 amide bonds. The molecule has 0 bridgehead atoms. The van der Waals surface area contributed by atoms with Gasteiger partial charge in [-0.25, -0.2) is 19.6 Å². The molecule has 0 fully saturated rings. The number of hydrogen-bond acceptors (Lipinski definition) is 9. The van der Waals surface area contributed by atoms with Crippen LogP contribution in [0.5, 0.6) is 0 Å². The summed E-state index contributed by atoms with van der Waals surface area (Å²) in [6, 6.07) is 4.47. The number of aliphatic hydroxyl groups excluding tert-OH is 2. The first-order valence-corrected chi connectivity index (χ1v) is 14.5. The lowest BCUT2D eigenvalue weighted by Crippen LogP contribution is -2.30. The van der Waals surface area contributed by atoms with Crippen molar-refractivity contribution in [3.63, 3.8) is 0 Å². The first-order valence-electron chi connectivity index (χ1n) is 13.7. The molecule has 3 aromatic heterocycles. The van der Waals surface area contributed by atoms with E-state index >= 15 is 0 Å². The molecular formula is C29H30F3N5O6S. The Hall–Kier alpha value is -4.34. The number of halogens is 3. The Morgan fingerprint density at radius 3 is 2.52 bits per heavy atom. The fourth-order valence-corrected chi connectivity index (χ4v) is 5.45. The van der Waals surface area contributed by atoms with Crippen LogP contribution >= 0.6 is 11.3 Å². The number of thiazole rings is 1. The topological polar surface area (TPSA) is 156 Å². The number of aromatic nitrogens is 3. The summed E-state index contributed by atoms with van der Waals surface area (Å²) in [6.45, 7) is 4.82. The smallest absolute Gasteiger partial charge is 0.434 e. The minimum absolute atomic E-state index is 0.00319. The number of carbonyl (C=O) groups excluding carboxylic acids is 2. The number of ether oxygens (including phenoxy) is 1. The van der Waals surface area contributed by atoms with Gasteiger partial charge >= 0.3 is 18.2 Å². The third-order valence-corrected chi connectivity index (χ3v) is 7.63. The highest BCUT2D eigenvalue weighted by molar-refractivity contribution is 7.13. The Balaban J connectivity index is 1.97. The summed E-state index contributed by atoms with van der Waals surface area (Å²) < 4.78 is 46.8. The summed E-state index contributed by atoms with van der Waals surface area (Å²) in [5, 5.41) is 26.7. The molecule has 0 saturated carbocycles. The van der Waals surface area contributed by atoms with Crippen molar-refractivity contribution >= 4 is 40.1 Å². The first-order chi connectivity index (χ1) is 20.9. The zero-order valence-corrected chi connectivity index (χ0v) is 24.8. The molecule has 15 heteroatoms. The van der Waals surface area contributed by atoms with Gasteiger partial charge in [0.1, 0.15) is 16.4 Å². The Kier molecular flexibility index (Phi) is 10.0. The predicted molar refractivity (Wildman–Crippen MR) is 159 cm³/mol. The number of rotatable bonds is 10. The van der Waals surface area contributed by atoms with Gasteiger partial charge in [0.2, 0.25) is 5.43 Å². The Morgan fingerprint density at radius 2 is 1.91 bits per heavy atom. The standard InChI is InChI=1S/C29H30F3N5O6S/c1-4-22(39)21(13-38)37-12-19(27(41)43-6-3)25(40)17-9-15(7-8-20(17)37)18-11-34-24(36-28(42)33-5-2)10-16(18)26-35-23(14-44-26)29(30,31)32/h7-12,14,21-22,38-39H,4-6,13H2,1-3H3,(H2,33,34,36,42). The van der Waals surface area contributed by atoms with Gasteiger partial charge in [-0.15, -0.1) is 11.3 Å². The van der Waals surface area contributed by atoms with Gasteiger partial charge in [0, 0.05) is 40.8 Å². The highest BCUT2D eigenvalue weighted by atomic mass is 32.1. The van der Waals surface area contributed by atoms with Crippen LogP contribution in [0.15, 0.2) is 46.8 Å². The molecule has 0 radical (unpaired) electrons. The summed E-state index contributed by atoms with van der Waals surface area (Å²) in [6.07, 6.45) is -2.86. The van der Waals surface area contributed by atoms with Crippen LogP contribution in [0.25, 0.3) is 32.6 Å². The summed E-state index contributed by atoms with van der Waals surface area (Å²) in [5.41, 5.74) is -0.988. The second-order valence-electron chi connectivity index (χ2n) is 9.59. The molecule has 1 aromatic carbocycles. The van der Waals surface area contributed by atoms with Crippen molar-refractivity contribution in [2.24, 2.45) is 0 Å². The van der Waals surface area contributed by atoms with Gasteiger partial charge in [-0.2, -0.15) is 13.2 Å². The highest BCUT2D eigenvalue weighted by Gasteiger charge is 2.34. The van der Waals surface area contributed by atoms with Gasteiger partial charge in [-0.05, 0) is 44.0 Å². The molecule has 0 aliphatic heterocycles. The van der Waals surface area contributed by atoms with E-state index in [0.717, 1.165) is 16.7 Å². The zero-order valence-electron chi connectivity index (χ0n) is 23.9. The number of hydrogen-bond donors (Lipinski definition) is 4. The number of esters is 1. The first kappa shape index (κ1) is 32.6. The number of nitrogens with one attached hydrogen (secondary N) is 2. The SMILES string of the molecule is CCNC(=O)Nc1cc(-c2nc(C(F)(F)F)cs2)c(-c2ccc3c(c2)c(=O)c(C(=O)OCC)cn3C(CO)C(O)CC)cn1. The van der Waals surface area contributed by atoms with Gasteiger partial charge in [-0.3, -0.25) is 10.1 Å². The van der Waals surface area contributed by atoms with Gasteiger partial charge in [-0.1, -0.05) is 13.0 Å². The van der Waals surface area contributed by atoms with Crippen LogP contribution in [0.1, 0.15) is 49.3 Å². The molecule has 11 nitrogen and oxygen atoms in total. The van der Waals surface area contributed by atoms with E-state index in [1.807, 2.05) is 0 Å². The summed E-state index contributed by atoms with van der Waals surface area (Å²) in [4.78, 5) is 46.5. The molecule has 0 saturated heterocycles. The molecule has 3 heterocycles. The van der Waals surface area contributed by atoms with E-state index in [1.165, 1.54) is 29.1 Å². The summed E-state index contributed by atoms with van der Waals surface area (Å²) in [7, 11) is 0. The number of carbonyl (C=O) groups is 2. The fourth-order valence-electron chi connectivity index (χ4n) is 4.60. The second-order valence-corrected chi connectivity index (χ2v) is 10.5. The lowest BCUT2D eigenvalue weighted by atomic mass is 9.98. The van der Waals surface area contributed by atoms with Crippen molar-refractivity contribution in [3.8, 4) is 21.7 Å². The monoisotopic (exact) mass is 633 g/mol. The number of fused-ring (bicyclic) bond motifs is 1. The van der Waals surface area contributed by atoms with Crippen molar-refractivity contribution in [3.05, 3.63) is 63.5 Å². The number of nitrogens with zero attached hydrogens (tertiary/aromatic N) is 3. The molecule has 0 spiro atoms. The zero-order chi connectivity index (χ0) is 32.2. The average Bonchev–Trinajstić information content (AvgIpc) is 3.50. The number of pyridine rings is 2. The molecular weight excluding hydrogens is 603 g/mol. The van der Waals surface area contributed by atoms with Gasteiger partial charge in [0.25, 0.3) is 0 Å².